The number of rotatable bonds is 6. The van der Waals surface area contributed by atoms with E-state index in [-0.39, 0.29) is 11.7 Å². The van der Waals surface area contributed by atoms with Gasteiger partial charge in [-0.25, -0.2) is 9.37 Å². The van der Waals surface area contributed by atoms with Crippen LogP contribution >= 0.6 is 11.3 Å². The third-order valence-corrected chi connectivity index (χ3v) is 5.46. The van der Waals surface area contributed by atoms with Crippen LogP contribution in [-0.2, 0) is 11.2 Å². The molecule has 0 spiro atoms. The van der Waals surface area contributed by atoms with Gasteiger partial charge in [-0.1, -0.05) is 36.4 Å². The number of carbonyl (C=O) groups is 1. The molecule has 1 amide bonds. The summed E-state index contributed by atoms with van der Waals surface area (Å²) >= 11 is 1.68. The molecular formula is C23H19FN2O2S. The lowest BCUT2D eigenvalue weighted by Crippen LogP contribution is -2.30. The molecule has 1 atom stereocenters. The fourth-order valence-electron chi connectivity index (χ4n) is 2.90. The predicted molar refractivity (Wildman–Crippen MR) is 114 cm³/mol. The summed E-state index contributed by atoms with van der Waals surface area (Å²) < 4.78 is 20.3. The van der Waals surface area contributed by atoms with Crippen molar-refractivity contribution >= 4 is 33.1 Å². The van der Waals surface area contributed by atoms with E-state index in [0.717, 1.165) is 22.5 Å². The van der Waals surface area contributed by atoms with Gasteiger partial charge >= 0.3 is 0 Å². The number of para-hydroxylation sites is 2. The van der Waals surface area contributed by atoms with Crippen molar-refractivity contribution in [2.24, 2.45) is 0 Å². The van der Waals surface area contributed by atoms with E-state index in [9.17, 15) is 9.18 Å². The van der Waals surface area contributed by atoms with E-state index in [1.165, 1.54) is 16.8 Å². The Hall–Kier alpha value is -3.25. The zero-order chi connectivity index (χ0) is 20.2. The Morgan fingerprint density at radius 3 is 2.55 bits per heavy atom. The number of anilines is 1. The van der Waals surface area contributed by atoms with E-state index >= 15 is 0 Å². The molecule has 0 unspecified atom stereocenters. The van der Waals surface area contributed by atoms with Gasteiger partial charge in [-0.2, -0.15) is 0 Å². The Morgan fingerprint density at radius 1 is 1.07 bits per heavy atom. The van der Waals surface area contributed by atoms with Gasteiger partial charge in [0.1, 0.15) is 0 Å². The van der Waals surface area contributed by atoms with Crippen molar-refractivity contribution in [3.63, 3.8) is 0 Å². The monoisotopic (exact) mass is 406 g/mol. The van der Waals surface area contributed by atoms with Crippen LogP contribution in [0.4, 0.5) is 10.1 Å². The molecule has 146 valence electrons. The summed E-state index contributed by atoms with van der Waals surface area (Å²) in [6.45, 7) is 1.59. The largest absolute Gasteiger partial charge is 0.478 e. The third kappa shape index (κ3) is 4.60. The molecule has 0 saturated heterocycles. The first-order valence-corrected chi connectivity index (χ1v) is 10.1. The third-order valence-electron chi connectivity index (χ3n) is 4.42. The van der Waals surface area contributed by atoms with Crippen LogP contribution in [0.2, 0.25) is 0 Å². The van der Waals surface area contributed by atoms with Crippen molar-refractivity contribution in [3.05, 3.63) is 89.2 Å². The average Bonchev–Trinajstić information content (AvgIpc) is 3.13. The molecule has 3 aromatic carbocycles. The standard InChI is InChI=1S/C23H19FN2O2S/c1-15(28-20-8-4-2-6-18(20)24)23(27)25-17-12-10-16(11-13-17)14-22-26-19-7-3-5-9-21(19)29-22/h2-13,15H,14H2,1H3,(H,25,27)/t15-/m0/s1. The van der Waals surface area contributed by atoms with E-state index in [2.05, 4.69) is 16.4 Å². The zero-order valence-corrected chi connectivity index (χ0v) is 16.6. The maximum atomic E-state index is 13.7. The molecule has 29 heavy (non-hydrogen) atoms. The highest BCUT2D eigenvalue weighted by molar-refractivity contribution is 7.18. The molecule has 4 nitrogen and oxygen atoms in total. The molecule has 1 aromatic heterocycles. The van der Waals surface area contributed by atoms with Crippen LogP contribution in [0.5, 0.6) is 5.75 Å². The van der Waals surface area contributed by atoms with Gasteiger partial charge in [0.15, 0.2) is 17.7 Å². The maximum Gasteiger partial charge on any atom is 0.265 e. The second kappa shape index (κ2) is 8.41. The Kier molecular flexibility index (Phi) is 5.53. The smallest absolute Gasteiger partial charge is 0.265 e. The van der Waals surface area contributed by atoms with Gasteiger partial charge in [-0.3, -0.25) is 4.79 Å². The first-order valence-electron chi connectivity index (χ1n) is 9.24. The summed E-state index contributed by atoms with van der Waals surface area (Å²) in [5, 5.41) is 3.85. The predicted octanol–water partition coefficient (Wildman–Crippen LogP) is 5.43. The molecule has 0 aliphatic heterocycles. The van der Waals surface area contributed by atoms with Gasteiger partial charge in [-0.15, -0.1) is 11.3 Å². The number of halogens is 1. The molecule has 0 bridgehead atoms. The maximum absolute atomic E-state index is 13.7. The topological polar surface area (TPSA) is 51.2 Å². The lowest BCUT2D eigenvalue weighted by atomic mass is 10.1. The first kappa shape index (κ1) is 19.1. The highest BCUT2D eigenvalue weighted by Gasteiger charge is 2.16. The SMILES string of the molecule is C[C@H](Oc1ccccc1F)C(=O)Nc1ccc(Cc2nc3ccccc3s2)cc1. The van der Waals surface area contributed by atoms with Crippen molar-refractivity contribution in [3.8, 4) is 5.75 Å². The number of thiazole rings is 1. The van der Waals surface area contributed by atoms with Gasteiger partial charge in [0.25, 0.3) is 5.91 Å². The number of amides is 1. The quantitative estimate of drug-likeness (QED) is 0.464. The Bertz CT molecular complexity index is 1110. The van der Waals surface area contributed by atoms with Crippen LogP contribution in [0, 0.1) is 5.82 Å². The minimum Gasteiger partial charge on any atom is -0.478 e. The number of benzene rings is 3. The number of aromatic nitrogens is 1. The van der Waals surface area contributed by atoms with Crippen molar-refractivity contribution in [1.82, 2.24) is 4.98 Å². The molecule has 1 N–H and O–H groups in total. The molecule has 1 heterocycles. The molecule has 0 saturated carbocycles. The van der Waals surface area contributed by atoms with E-state index < -0.39 is 11.9 Å². The van der Waals surface area contributed by atoms with Crippen LogP contribution < -0.4 is 10.1 Å². The normalized spacial score (nSPS) is 11.9. The molecule has 0 aliphatic rings. The first-order chi connectivity index (χ1) is 14.1. The minimum atomic E-state index is -0.825. The summed E-state index contributed by atoms with van der Waals surface area (Å²) in [7, 11) is 0. The van der Waals surface area contributed by atoms with Crippen molar-refractivity contribution in [2.75, 3.05) is 5.32 Å². The Morgan fingerprint density at radius 2 is 1.79 bits per heavy atom. The van der Waals surface area contributed by atoms with Gasteiger partial charge < -0.3 is 10.1 Å². The summed E-state index contributed by atoms with van der Waals surface area (Å²) in [5.41, 5.74) is 2.78. The van der Waals surface area contributed by atoms with E-state index in [4.69, 9.17) is 4.74 Å². The van der Waals surface area contributed by atoms with Crippen LogP contribution in [-0.4, -0.2) is 17.0 Å². The second-order valence-electron chi connectivity index (χ2n) is 6.63. The van der Waals surface area contributed by atoms with E-state index in [1.807, 2.05) is 42.5 Å². The fraction of sp³-hybridized carbons (Fsp3) is 0.130. The van der Waals surface area contributed by atoms with Crippen LogP contribution in [0.3, 0.4) is 0 Å². The lowest BCUT2D eigenvalue weighted by Gasteiger charge is -2.15. The zero-order valence-electron chi connectivity index (χ0n) is 15.8. The lowest BCUT2D eigenvalue weighted by molar-refractivity contribution is -0.122. The molecule has 0 radical (unpaired) electrons. The summed E-state index contributed by atoms with van der Waals surface area (Å²) in [5.74, 6) is -0.778. The highest BCUT2D eigenvalue weighted by atomic mass is 32.1. The van der Waals surface area contributed by atoms with Gasteiger partial charge in [0.2, 0.25) is 0 Å². The Labute approximate surface area is 172 Å². The number of nitrogens with one attached hydrogen (secondary N) is 1. The average molecular weight is 406 g/mol. The van der Waals surface area contributed by atoms with Gasteiger partial charge in [0.05, 0.1) is 15.2 Å². The van der Waals surface area contributed by atoms with E-state index in [0.29, 0.717) is 5.69 Å². The van der Waals surface area contributed by atoms with Crippen LogP contribution in [0.1, 0.15) is 17.5 Å². The number of fused-ring (bicyclic) bond motifs is 1. The number of nitrogens with zero attached hydrogens (tertiary/aromatic N) is 1. The molecule has 0 fully saturated rings. The fourth-order valence-corrected chi connectivity index (χ4v) is 3.91. The number of hydrogen-bond donors (Lipinski definition) is 1. The highest BCUT2D eigenvalue weighted by Crippen LogP contribution is 2.24. The molecular weight excluding hydrogens is 387 g/mol. The van der Waals surface area contributed by atoms with Crippen LogP contribution in [0.15, 0.2) is 72.8 Å². The van der Waals surface area contributed by atoms with Gasteiger partial charge in [-0.05, 0) is 48.9 Å². The van der Waals surface area contributed by atoms with E-state index in [1.54, 1.807) is 30.4 Å². The van der Waals surface area contributed by atoms with Crippen molar-refractivity contribution in [1.29, 1.82) is 0 Å². The second-order valence-corrected chi connectivity index (χ2v) is 7.74. The Balaban J connectivity index is 1.37. The van der Waals surface area contributed by atoms with Gasteiger partial charge in [0, 0.05) is 12.1 Å². The number of carbonyl (C=O) groups excluding carboxylic acids is 1. The molecule has 4 rings (SSSR count). The van der Waals surface area contributed by atoms with Crippen LogP contribution in [0.25, 0.3) is 10.2 Å². The minimum absolute atomic E-state index is 0.0568. The van der Waals surface area contributed by atoms with Crippen molar-refractivity contribution in [2.45, 2.75) is 19.4 Å². The summed E-state index contributed by atoms with van der Waals surface area (Å²) in [6.07, 6.45) is -0.0882. The number of hydrogen-bond acceptors (Lipinski definition) is 4. The summed E-state index contributed by atoms with van der Waals surface area (Å²) in [4.78, 5) is 17.0. The number of ether oxygens (including phenoxy) is 1. The molecule has 6 heteroatoms. The molecule has 4 aromatic rings. The molecule has 0 aliphatic carbocycles. The summed E-state index contributed by atoms with van der Waals surface area (Å²) in [6, 6.07) is 21.7. The van der Waals surface area contributed by atoms with Crippen molar-refractivity contribution < 1.29 is 13.9 Å².